The van der Waals surface area contributed by atoms with Gasteiger partial charge >= 0.3 is 5.97 Å². The van der Waals surface area contributed by atoms with Crippen LogP contribution in [0.5, 0.6) is 5.75 Å². The van der Waals surface area contributed by atoms with E-state index in [1.54, 1.807) is 17.0 Å². The Labute approximate surface area is 147 Å². The summed E-state index contributed by atoms with van der Waals surface area (Å²) in [5.41, 5.74) is 4.72. The van der Waals surface area contributed by atoms with E-state index >= 15 is 0 Å². The normalized spacial score (nSPS) is 19.2. The van der Waals surface area contributed by atoms with Crippen LogP contribution in [-0.4, -0.2) is 18.4 Å². The van der Waals surface area contributed by atoms with Crippen molar-refractivity contribution in [1.82, 2.24) is 0 Å². The molecule has 0 N–H and O–H groups in total. The van der Waals surface area contributed by atoms with Crippen LogP contribution in [0.15, 0.2) is 42.5 Å². The Morgan fingerprint density at radius 1 is 1.08 bits per heavy atom. The van der Waals surface area contributed by atoms with Gasteiger partial charge in [0.05, 0.1) is 5.92 Å². The van der Waals surface area contributed by atoms with Crippen molar-refractivity contribution in [3.63, 3.8) is 0 Å². The zero-order valence-electron chi connectivity index (χ0n) is 14.3. The van der Waals surface area contributed by atoms with Gasteiger partial charge in [-0.15, -0.1) is 0 Å². The lowest BCUT2D eigenvalue weighted by Crippen LogP contribution is -2.27. The maximum absolute atomic E-state index is 12.4. The van der Waals surface area contributed by atoms with E-state index in [4.69, 9.17) is 4.74 Å². The second-order valence-corrected chi connectivity index (χ2v) is 6.95. The minimum Gasteiger partial charge on any atom is -0.426 e. The van der Waals surface area contributed by atoms with E-state index in [9.17, 15) is 9.59 Å². The number of hydrogen-bond acceptors (Lipinski definition) is 3. The zero-order valence-corrected chi connectivity index (χ0v) is 14.3. The first-order valence-corrected chi connectivity index (χ1v) is 8.81. The highest BCUT2D eigenvalue weighted by Gasteiger charge is 2.36. The van der Waals surface area contributed by atoms with E-state index in [0.717, 1.165) is 24.1 Å². The third kappa shape index (κ3) is 3.16. The monoisotopic (exact) mass is 335 g/mol. The molecule has 1 aliphatic heterocycles. The van der Waals surface area contributed by atoms with E-state index < -0.39 is 5.92 Å². The first-order chi connectivity index (χ1) is 12.1. The Morgan fingerprint density at radius 3 is 2.64 bits per heavy atom. The smallest absolute Gasteiger partial charge is 0.316 e. The minimum atomic E-state index is -0.415. The first kappa shape index (κ1) is 15.9. The molecule has 1 saturated heterocycles. The van der Waals surface area contributed by atoms with Crippen molar-refractivity contribution in [3.05, 3.63) is 59.2 Å². The molecule has 128 valence electrons. The molecular weight excluding hydrogens is 314 g/mol. The van der Waals surface area contributed by atoms with Gasteiger partial charge in [0.15, 0.2) is 0 Å². The average molecular weight is 335 g/mol. The predicted octanol–water partition coefficient (Wildman–Crippen LogP) is 3.44. The molecule has 1 aliphatic carbocycles. The Balaban J connectivity index is 1.46. The fourth-order valence-electron chi connectivity index (χ4n) is 3.65. The van der Waals surface area contributed by atoms with Crippen molar-refractivity contribution in [2.45, 2.75) is 32.6 Å². The average Bonchev–Trinajstić information content (AvgIpc) is 3.22. The summed E-state index contributed by atoms with van der Waals surface area (Å²) in [4.78, 5) is 26.5. The van der Waals surface area contributed by atoms with Gasteiger partial charge in [-0.05, 0) is 61.6 Å². The van der Waals surface area contributed by atoms with Crippen LogP contribution in [0.1, 0.15) is 29.5 Å². The van der Waals surface area contributed by atoms with Gasteiger partial charge in [-0.1, -0.05) is 23.8 Å². The highest BCUT2D eigenvalue weighted by Crippen LogP contribution is 2.31. The minimum absolute atomic E-state index is 0.0104. The number of nitrogens with zero attached hydrogens (tertiary/aromatic N) is 1. The van der Waals surface area contributed by atoms with Gasteiger partial charge in [-0.3, -0.25) is 9.59 Å². The second-order valence-electron chi connectivity index (χ2n) is 6.95. The largest absolute Gasteiger partial charge is 0.426 e. The van der Waals surface area contributed by atoms with Gasteiger partial charge in [0, 0.05) is 18.7 Å². The number of carbonyl (C=O) groups excluding carboxylic acids is 2. The molecule has 0 saturated carbocycles. The van der Waals surface area contributed by atoms with Crippen molar-refractivity contribution >= 4 is 17.6 Å². The van der Waals surface area contributed by atoms with Crippen LogP contribution in [0.2, 0.25) is 0 Å². The molecule has 1 heterocycles. The topological polar surface area (TPSA) is 46.6 Å². The molecule has 1 atom stereocenters. The summed E-state index contributed by atoms with van der Waals surface area (Å²) in [6.45, 7) is 2.37. The second kappa shape index (κ2) is 6.36. The molecule has 4 nitrogen and oxygen atoms in total. The van der Waals surface area contributed by atoms with Crippen molar-refractivity contribution in [2.24, 2.45) is 5.92 Å². The van der Waals surface area contributed by atoms with Crippen molar-refractivity contribution in [3.8, 4) is 5.75 Å². The lowest BCUT2D eigenvalue weighted by atomic mass is 10.1. The van der Waals surface area contributed by atoms with E-state index in [2.05, 4.69) is 12.1 Å². The number of ether oxygens (including phenoxy) is 1. The van der Waals surface area contributed by atoms with Gasteiger partial charge in [0.25, 0.3) is 0 Å². The summed E-state index contributed by atoms with van der Waals surface area (Å²) >= 11 is 0. The van der Waals surface area contributed by atoms with E-state index in [0.29, 0.717) is 12.3 Å². The number of rotatable bonds is 3. The molecular formula is C21H21NO3. The Kier molecular flexibility index (Phi) is 4.04. The van der Waals surface area contributed by atoms with Crippen molar-refractivity contribution in [2.75, 3.05) is 11.4 Å². The summed E-state index contributed by atoms with van der Waals surface area (Å²) in [6.07, 6.45) is 3.58. The predicted molar refractivity (Wildman–Crippen MR) is 95.7 cm³/mol. The molecule has 0 radical (unpaired) electrons. The molecule has 1 unspecified atom stereocenters. The van der Waals surface area contributed by atoms with Crippen LogP contribution in [-0.2, 0) is 22.4 Å². The molecule has 0 bridgehead atoms. The fraction of sp³-hybridized carbons (Fsp3) is 0.333. The van der Waals surface area contributed by atoms with Gasteiger partial charge < -0.3 is 9.64 Å². The zero-order chi connectivity index (χ0) is 17.4. The van der Waals surface area contributed by atoms with Crippen LogP contribution >= 0.6 is 0 Å². The Hall–Kier alpha value is -2.62. The number of benzene rings is 2. The highest BCUT2D eigenvalue weighted by molar-refractivity contribution is 5.99. The van der Waals surface area contributed by atoms with Gasteiger partial charge in [-0.2, -0.15) is 0 Å². The van der Waals surface area contributed by atoms with Crippen LogP contribution in [0, 0.1) is 12.8 Å². The molecule has 2 aromatic carbocycles. The summed E-state index contributed by atoms with van der Waals surface area (Å²) in [6, 6.07) is 13.6. The Morgan fingerprint density at radius 2 is 1.84 bits per heavy atom. The molecule has 2 aliphatic rings. The molecule has 4 heteroatoms. The lowest BCUT2D eigenvalue weighted by Gasteiger charge is -2.17. The number of anilines is 1. The first-order valence-electron chi connectivity index (χ1n) is 8.81. The Bertz CT molecular complexity index is 826. The summed E-state index contributed by atoms with van der Waals surface area (Å²) < 4.78 is 5.44. The lowest BCUT2D eigenvalue weighted by molar-refractivity contribution is -0.139. The van der Waals surface area contributed by atoms with Crippen molar-refractivity contribution in [1.29, 1.82) is 0 Å². The molecule has 4 rings (SSSR count). The fourth-order valence-corrected chi connectivity index (χ4v) is 3.65. The number of esters is 1. The summed E-state index contributed by atoms with van der Waals surface area (Å²) in [5.74, 6) is -0.231. The quantitative estimate of drug-likeness (QED) is 0.638. The molecule has 1 fully saturated rings. The van der Waals surface area contributed by atoms with E-state index in [1.165, 1.54) is 17.5 Å². The summed E-state index contributed by atoms with van der Waals surface area (Å²) in [7, 11) is 0. The number of hydrogen-bond donors (Lipinski definition) is 0. The number of amides is 1. The number of fused-ring (bicyclic) bond motifs is 1. The van der Waals surface area contributed by atoms with Crippen LogP contribution < -0.4 is 9.64 Å². The molecule has 0 aromatic heterocycles. The standard InChI is InChI=1S/C21H21NO3/c1-14-5-9-19(10-6-14)25-21(24)17-12-20(23)22(13-17)18-8-7-15-3-2-4-16(15)11-18/h5-11,17H,2-4,12-13H2,1H3. The summed E-state index contributed by atoms with van der Waals surface area (Å²) in [5, 5.41) is 0. The van der Waals surface area contributed by atoms with Crippen LogP contribution in [0.4, 0.5) is 5.69 Å². The van der Waals surface area contributed by atoms with E-state index in [-0.39, 0.29) is 18.3 Å². The van der Waals surface area contributed by atoms with E-state index in [1.807, 2.05) is 25.1 Å². The molecule has 0 spiro atoms. The van der Waals surface area contributed by atoms with Gasteiger partial charge in [0.2, 0.25) is 5.91 Å². The van der Waals surface area contributed by atoms with Gasteiger partial charge in [0.1, 0.15) is 5.75 Å². The SMILES string of the molecule is Cc1ccc(OC(=O)C2CC(=O)N(c3ccc4c(c3)CCC4)C2)cc1. The number of carbonyl (C=O) groups is 2. The third-order valence-electron chi connectivity index (χ3n) is 5.09. The maximum atomic E-state index is 12.4. The highest BCUT2D eigenvalue weighted by atomic mass is 16.5. The van der Waals surface area contributed by atoms with Crippen LogP contribution in [0.3, 0.4) is 0 Å². The third-order valence-corrected chi connectivity index (χ3v) is 5.09. The van der Waals surface area contributed by atoms with Crippen LogP contribution in [0.25, 0.3) is 0 Å². The molecule has 1 amide bonds. The number of aryl methyl sites for hydroxylation is 3. The maximum Gasteiger partial charge on any atom is 0.316 e. The van der Waals surface area contributed by atoms with Crippen molar-refractivity contribution < 1.29 is 14.3 Å². The van der Waals surface area contributed by atoms with Gasteiger partial charge in [-0.25, -0.2) is 0 Å². The molecule has 2 aromatic rings. The molecule has 25 heavy (non-hydrogen) atoms.